The largest absolute Gasteiger partial charge is 0.454 e. The average Bonchev–Trinajstić information content (AvgIpc) is 3.18. The van der Waals surface area contributed by atoms with Crippen LogP contribution >= 0.6 is 23.2 Å². The van der Waals surface area contributed by atoms with Gasteiger partial charge in [0.1, 0.15) is 11.5 Å². The average molecular weight is 430 g/mol. The minimum absolute atomic E-state index is 0.0559. The lowest BCUT2D eigenvalue weighted by atomic mass is 10.3. The number of hydrogen-bond acceptors (Lipinski definition) is 4. The van der Waals surface area contributed by atoms with E-state index in [-0.39, 0.29) is 16.5 Å². The van der Waals surface area contributed by atoms with Crippen molar-refractivity contribution in [2.24, 2.45) is 0 Å². The van der Waals surface area contributed by atoms with Gasteiger partial charge >= 0.3 is 6.61 Å². The molecule has 28 heavy (non-hydrogen) atoms. The first kappa shape index (κ1) is 20.2. The molecule has 3 aromatic rings. The molecule has 10 heteroatoms. The van der Waals surface area contributed by atoms with Gasteiger partial charge in [-0.2, -0.15) is 13.9 Å². The number of aryl methyl sites for hydroxylation is 1. The van der Waals surface area contributed by atoms with Gasteiger partial charge < -0.3 is 14.5 Å². The third-order valence-electron chi connectivity index (χ3n) is 3.89. The molecular weight excluding hydrogens is 415 g/mol. The van der Waals surface area contributed by atoms with Crippen molar-refractivity contribution in [2.75, 3.05) is 5.32 Å². The predicted octanol–water partition coefficient (Wildman–Crippen LogP) is 5.30. The van der Waals surface area contributed by atoms with E-state index in [1.165, 1.54) is 24.3 Å². The van der Waals surface area contributed by atoms with Crippen LogP contribution in [-0.2, 0) is 6.54 Å². The molecular formula is C18H15Cl2F2N3O3. The van der Waals surface area contributed by atoms with E-state index in [0.29, 0.717) is 28.7 Å². The second-order valence-electron chi connectivity index (χ2n) is 5.89. The Balaban J connectivity index is 1.69. The minimum Gasteiger partial charge on any atom is -0.454 e. The number of carbonyl (C=O) groups excluding carboxylic acids is 1. The summed E-state index contributed by atoms with van der Waals surface area (Å²) in [6.45, 7) is 0.967. The number of halogens is 4. The standard InChI is InChI=1S/C18H15Cl2F2N3O3/c1-9-16(20)10(2)25(24-9)8-12-4-6-15(27-12)17(26)23-11-3-5-14(13(19)7-11)28-18(21)22/h3-7,18H,8H2,1-2H3,(H,23,26). The molecule has 2 aromatic heterocycles. The van der Waals surface area contributed by atoms with Crippen LogP contribution in [-0.4, -0.2) is 22.3 Å². The van der Waals surface area contributed by atoms with Crippen molar-refractivity contribution in [3.05, 3.63) is 63.3 Å². The fourth-order valence-corrected chi connectivity index (χ4v) is 2.88. The van der Waals surface area contributed by atoms with Crippen LogP contribution in [0.5, 0.6) is 5.75 Å². The van der Waals surface area contributed by atoms with Gasteiger partial charge in [-0.1, -0.05) is 23.2 Å². The van der Waals surface area contributed by atoms with Crippen LogP contribution in [0.25, 0.3) is 0 Å². The van der Waals surface area contributed by atoms with E-state index in [1.807, 2.05) is 6.92 Å². The molecule has 0 saturated heterocycles. The molecule has 1 N–H and O–H groups in total. The maximum Gasteiger partial charge on any atom is 0.387 e. The first-order valence-electron chi connectivity index (χ1n) is 8.08. The highest BCUT2D eigenvalue weighted by Gasteiger charge is 2.16. The Bertz CT molecular complexity index is 1020. The van der Waals surface area contributed by atoms with Gasteiger partial charge in [-0.3, -0.25) is 9.48 Å². The Morgan fingerprint density at radius 1 is 1.29 bits per heavy atom. The lowest BCUT2D eigenvalue weighted by Gasteiger charge is -2.09. The summed E-state index contributed by atoms with van der Waals surface area (Å²) in [6, 6.07) is 7.12. The molecule has 0 radical (unpaired) electrons. The SMILES string of the molecule is Cc1nn(Cc2ccc(C(=O)Nc3ccc(OC(F)F)c(Cl)c3)o2)c(C)c1Cl. The summed E-state index contributed by atoms with van der Waals surface area (Å²) in [7, 11) is 0. The van der Waals surface area contributed by atoms with Gasteiger partial charge in [0.15, 0.2) is 5.76 Å². The van der Waals surface area contributed by atoms with Crippen molar-refractivity contribution in [1.29, 1.82) is 0 Å². The van der Waals surface area contributed by atoms with Crippen molar-refractivity contribution in [2.45, 2.75) is 27.0 Å². The molecule has 0 unspecified atom stereocenters. The van der Waals surface area contributed by atoms with E-state index in [2.05, 4.69) is 15.2 Å². The lowest BCUT2D eigenvalue weighted by Crippen LogP contribution is -2.11. The minimum atomic E-state index is -2.99. The van der Waals surface area contributed by atoms with Gasteiger partial charge in [0, 0.05) is 5.69 Å². The molecule has 0 aliphatic heterocycles. The lowest BCUT2D eigenvalue weighted by molar-refractivity contribution is -0.0497. The first-order chi connectivity index (χ1) is 13.2. The van der Waals surface area contributed by atoms with Crippen molar-refractivity contribution in [3.8, 4) is 5.75 Å². The maximum absolute atomic E-state index is 12.3. The molecule has 6 nitrogen and oxygen atoms in total. The molecule has 0 aliphatic rings. The van der Waals surface area contributed by atoms with Crippen LogP contribution in [0.2, 0.25) is 10.0 Å². The number of alkyl halides is 2. The highest BCUT2D eigenvalue weighted by molar-refractivity contribution is 6.32. The van der Waals surface area contributed by atoms with Crippen molar-refractivity contribution in [3.63, 3.8) is 0 Å². The second-order valence-corrected chi connectivity index (χ2v) is 6.67. The van der Waals surface area contributed by atoms with Crippen molar-refractivity contribution in [1.82, 2.24) is 9.78 Å². The van der Waals surface area contributed by atoms with Crippen LogP contribution in [0.15, 0.2) is 34.7 Å². The number of nitrogens with one attached hydrogen (secondary N) is 1. The van der Waals surface area contributed by atoms with Gasteiger partial charge in [-0.15, -0.1) is 0 Å². The number of furan rings is 1. The molecule has 3 rings (SSSR count). The summed E-state index contributed by atoms with van der Waals surface area (Å²) in [5.74, 6) is -0.104. The molecule has 0 saturated carbocycles. The molecule has 0 atom stereocenters. The number of anilines is 1. The number of nitrogens with zero attached hydrogens (tertiary/aromatic N) is 2. The summed E-state index contributed by atoms with van der Waals surface area (Å²) in [5.41, 5.74) is 1.81. The maximum atomic E-state index is 12.3. The molecule has 148 valence electrons. The van der Waals surface area contributed by atoms with Crippen LogP contribution in [0, 0.1) is 13.8 Å². The van der Waals surface area contributed by atoms with E-state index in [0.717, 1.165) is 5.69 Å². The molecule has 1 amide bonds. The van der Waals surface area contributed by atoms with Crippen LogP contribution < -0.4 is 10.1 Å². The normalized spacial score (nSPS) is 11.1. The van der Waals surface area contributed by atoms with E-state index in [9.17, 15) is 13.6 Å². The van der Waals surface area contributed by atoms with E-state index >= 15 is 0 Å². The van der Waals surface area contributed by atoms with Gasteiger partial charge in [-0.05, 0) is 44.2 Å². The van der Waals surface area contributed by atoms with Crippen LogP contribution in [0.4, 0.5) is 14.5 Å². The van der Waals surface area contributed by atoms with Crippen LogP contribution in [0.1, 0.15) is 27.7 Å². The summed E-state index contributed by atoms with van der Waals surface area (Å²) in [5, 5.41) is 7.42. The van der Waals surface area contributed by atoms with Gasteiger partial charge in [0.25, 0.3) is 5.91 Å². The molecule has 0 fully saturated rings. The third kappa shape index (κ3) is 4.45. The zero-order chi connectivity index (χ0) is 20.4. The molecule has 1 aromatic carbocycles. The number of hydrogen-bond donors (Lipinski definition) is 1. The Morgan fingerprint density at radius 2 is 2.04 bits per heavy atom. The third-order valence-corrected chi connectivity index (χ3v) is 4.73. The zero-order valence-corrected chi connectivity index (χ0v) is 16.3. The van der Waals surface area contributed by atoms with Crippen molar-refractivity contribution >= 4 is 34.8 Å². The number of ether oxygens (including phenoxy) is 1. The number of rotatable bonds is 6. The Labute approximate surface area is 169 Å². The van der Waals surface area contributed by atoms with Crippen LogP contribution in [0.3, 0.4) is 0 Å². The quantitative estimate of drug-likeness (QED) is 0.576. The monoisotopic (exact) mass is 429 g/mol. The summed E-state index contributed by atoms with van der Waals surface area (Å²) in [6.07, 6.45) is 0. The van der Waals surface area contributed by atoms with Crippen molar-refractivity contribution < 1.29 is 22.7 Å². The predicted molar refractivity (Wildman–Crippen MR) is 101 cm³/mol. The summed E-state index contributed by atoms with van der Waals surface area (Å²) in [4.78, 5) is 12.3. The molecule has 2 heterocycles. The topological polar surface area (TPSA) is 69.3 Å². The smallest absolute Gasteiger partial charge is 0.387 e. The second kappa shape index (κ2) is 8.20. The van der Waals surface area contributed by atoms with Gasteiger partial charge in [-0.25, -0.2) is 0 Å². The highest BCUT2D eigenvalue weighted by Crippen LogP contribution is 2.29. The van der Waals surface area contributed by atoms with E-state index in [4.69, 9.17) is 27.6 Å². The molecule has 0 spiro atoms. The number of amides is 1. The highest BCUT2D eigenvalue weighted by atomic mass is 35.5. The number of benzene rings is 1. The molecule has 0 bridgehead atoms. The molecule has 0 aliphatic carbocycles. The fraction of sp³-hybridized carbons (Fsp3) is 0.222. The van der Waals surface area contributed by atoms with E-state index in [1.54, 1.807) is 17.7 Å². The summed E-state index contributed by atoms with van der Waals surface area (Å²) >= 11 is 12.0. The Hall–Kier alpha value is -2.58. The Kier molecular flexibility index (Phi) is 5.90. The van der Waals surface area contributed by atoms with E-state index < -0.39 is 12.5 Å². The number of aromatic nitrogens is 2. The van der Waals surface area contributed by atoms with Gasteiger partial charge in [0.2, 0.25) is 0 Å². The Morgan fingerprint density at radius 3 is 2.64 bits per heavy atom. The van der Waals surface area contributed by atoms with Gasteiger partial charge in [0.05, 0.1) is 28.0 Å². The first-order valence-corrected chi connectivity index (χ1v) is 8.84. The fourth-order valence-electron chi connectivity index (χ4n) is 2.52. The summed E-state index contributed by atoms with van der Waals surface area (Å²) < 4.78 is 36.0. The zero-order valence-electron chi connectivity index (χ0n) is 14.8. The number of carbonyl (C=O) groups is 1.